The van der Waals surface area contributed by atoms with Crippen LogP contribution in [0.15, 0.2) is 16.5 Å². The van der Waals surface area contributed by atoms with E-state index in [1.54, 1.807) is 12.2 Å². The molecule has 0 fully saturated rings. The molecule has 0 aliphatic carbocycles. The van der Waals surface area contributed by atoms with Crippen LogP contribution in [0.25, 0.3) is 0 Å². The third-order valence-electron chi connectivity index (χ3n) is 2.04. The number of hydrogen-bond acceptors (Lipinski definition) is 4. The maximum absolute atomic E-state index is 5.61. The van der Waals surface area contributed by atoms with Crippen LogP contribution < -0.4 is 5.73 Å². The summed E-state index contributed by atoms with van der Waals surface area (Å²) >= 11 is 0. The van der Waals surface area contributed by atoms with Crippen molar-refractivity contribution >= 4 is 0 Å². The zero-order valence-electron chi connectivity index (χ0n) is 8.28. The molecule has 4 heteroatoms. The molecule has 1 aromatic rings. The van der Waals surface area contributed by atoms with E-state index in [4.69, 9.17) is 15.0 Å². The van der Waals surface area contributed by atoms with Crippen molar-refractivity contribution in [3.8, 4) is 0 Å². The topological polar surface area (TPSA) is 51.6 Å². The molecule has 13 heavy (non-hydrogen) atoms. The normalized spacial score (nSPS) is 13.6. The molecule has 1 aromatic heterocycles. The molecule has 74 valence electrons. The lowest BCUT2D eigenvalue weighted by molar-refractivity contribution is -0.144. The zero-order chi connectivity index (χ0) is 9.84. The number of rotatable bonds is 4. The summed E-state index contributed by atoms with van der Waals surface area (Å²) in [5, 5.41) is 1.68. The Bertz CT molecular complexity index is 260. The fourth-order valence-corrected chi connectivity index (χ4v) is 1.20. The third-order valence-corrected chi connectivity index (χ3v) is 2.04. The van der Waals surface area contributed by atoms with Crippen LogP contribution in [0, 0.1) is 6.92 Å². The van der Waals surface area contributed by atoms with Gasteiger partial charge in [0.2, 0.25) is 0 Å². The van der Waals surface area contributed by atoms with Gasteiger partial charge in [-0.15, -0.1) is 0 Å². The van der Waals surface area contributed by atoms with E-state index < -0.39 is 0 Å². The molecule has 4 nitrogen and oxygen atoms in total. The number of hydroxylamine groups is 2. The van der Waals surface area contributed by atoms with E-state index in [1.165, 1.54) is 0 Å². The van der Waals surface area contributed by atoms with Crippen LogP contribution >= 0.6 is 0 Å². The highest BCUT2D eigenvalue weighted by atomic mass is 16.7. The summed E-state index contributed by atoms with van der Waals surface area (Å²) in [6.07, 6.45) is 0. The predicted octanol–water partition coefficient (Wildman–Crippen LogP) is 1.08. The minimum absolute atomic E-state index is 0.0151. The fraction of sp³-hybridized carbons (Fsp3) is 0.556. The molecular formula is C9H16N2O2. The van der Waals surface area contributed by atoms with E-state index in [0.29, 0.717) is 6.54 Å². The average Bonchev–Trinajstić information content (AvgIpc) is 2.53. The Balaban J connectivity index is 2.77. The first-order valence-electron chi connectivity index (χ1n) is 4.22. The maximum atomic E-state index is 5.61. The lowest BCUT2D eigenvalue weighted by atomic mass is 10.2. The molecule has 2 N–H and O–H groups in total. The van der Waals surface area contributed by atoms with Gasteiger partial charge in [0, 0.05) is 13.6 Å². The van der Waals surface area contributed by atoms with E-state index in [2.05, 4.69) is 0 Å². The molecule has 1 unspecified atom stereocenters. The smallest absolute Gasteiger partial charge is 0.124 e. The van der Waals surface area contributed by atoms with Crippen LogP contribution in [0.5, 0.6) is 0 Å². The van der Waals surface area contributed by atoms with Crippen molar-refractivity contribution in [1.29, 1.82) is 0 Å². The first-order chi connectivity index (χ1) is 6.19. The highest BCUT2D eigenvalue weighted by Gasteiger charge is 2.18. The number of likely N-dealkylation sites (N-methyl/N-ethyl adjacent to an activating group) is 1. The molecule has 0 amide bonds. The van der Waals surface area contributed by atoms with E-state index >= 15 is 0 Å². The second kappa shape index (κ2) is 4.41. The summed E-state index contributed by atoms with van der Waals surface area (Å²) in [6.45, 7) is 2.38. The van der Waals surface area contributed by atoms with Crippen molar-refractivity contribution in [2.45, 2.75) is 13.0 Å². The Morgan fingerprint density at radius 1 is 1.62 bits per heavy atom. The van der Waals surface area contributed by atoms with Crippen molar-refractivity contribution in [2.75, 3.05) is 20.7 Å². The van der Waals surface area contributed by atoms with Crippen LogP contribution in [0.2, 0.25) is 0 Å². The molecular weight excluding hydrogens is 168 g/mol. The van der Waals surface area contributed by atoms with Crippen molar-refractivity contribution in [2.24, 2.45) is 5.73 Å². The van der Waals surface area contributed by atoms with Crippen LogP contribution in [0.3, 0.4) is 0 Å². The summed E-state index contributed by atoms with van der Waals surface area (Å²) in [4.78, 5) is 5.06. The maximum Gasteiger partial charge on any atom is 0.124 e. The number of nitrogens with zero attached hydrogens (tertiary/aromatic N) is 1. The molecule has 0 bridgehead atoms. The van der Waals surface area contributed by atoms with Gasteiger partial charge in [0.25, 0.3) is 0 Å². The SMILES string of the molecule is CON(C)C(CN)c1ccc(C)o1. The summed E-state index contributed by atoms with van der Waals surface area (Å²) < 4.78 is 5.46. The molecule has 0 aromatic carbocycles. The van der Waals surface area contributed by atoms with Gasteiger partial charge in [-0.05, 0) is 19.1 Å². The Labute approximate surface area is 78.2 Å². The average molecular weight is 184 g/mol. The van der Waals surface area contributed by atoms with Gasteiger partial charge < -0.3 is 15.0 Å². The van der Waals surface area contributed by atoms with Gasteiger partial charge in [-0.3, -0.25) is 0 Å². The minimum Gasteiger partial charge on any atom is -0.465 e. The molecule has 0 spiro atoms. The predicted molar refractivity (Wildman–Crippen MR) is 50.0 cm³/mol. The molecule has 0 aliphatic rings. The van der Waals surface area contributed by atoms with Gasteiger partial charge in [-0.2, -0.15) is 5.06 Å². The van der Waals surface area contributed by atoms with Crippen molar-refractivity contribution in [3.63, 3.8) is 0 Å². The van der Waals surface area contributed by atoms with Crippen molar-refractivity contribution in [1.82, 2.24) is 5.06 Å². The Hall–Kier alpha value is -0.840. The standard InChI is InChI=1S/C9H16N2O2/c1-7-4-5-9(13-7)8(6-10)11(2)12-3/h4-5,8H,6,10H2,1-3H3. The van der Waals surface area contributed by atoms with Crippen LogP contribution in [-0.2, 0) is 4.84 Å². The molecule has 1 rings (SSSR count). The largest absolute Gasteiger partial charge is 0.465 e. The highest BCUT2D eigenvalue weighted by molar-refractivity contribution is 5.09. The lowest BCUT2D eigenvalue weighted by Gasteiger charge is -2.22. The lowest BCUT2D eigenvalue weighted by Crippen LogP contribution is -2.29. The van der Waals surface area contributed by atoms with E-state index in [9.17, 15) is 0 Å². The second-order valence-corrected chi connectivity index (χ2v) is 2.93. The number of hydrogen-bond donors (Lipinski definition) is 1. The Morgan fingerprint density at radius 3 is 2.69 bits per heavy atom. The number of aryl methyl sites for hydroxylation is 1. The molecule has 0 aliphatic heterocycles. The van der Waals surface area contributed by atoms with Crippen LogP contribution in [0.4, 0.5) is 0 Å². The first kappa shape index (κ1) is 10.2. The Morgan fingerprint density at radius 2 is 2.31 bits per heavy atom. The van der Waals surface area contributed by atoms with E-state index in [-0.39, 0.29) is 6.04 Å². The quantitative estimate of drug-likeness (QED) is 0.711. The third kappa shape index (κ3) is 2.30. The molecule has 1 atom stereocenters. The van der Waals surface area contributed by atoms with Gasteiger partial charge >= 0.3 is 0 Å². The van der Waals surface area contributed by atoms with Gasteiger partial charge in [0.1, 0.15) is 17.6 Å². The molecule has 1 heterocycles. The van der Waals surface area contributed by atoms with Crippen molar-refractivity contribution < 1.29 is 9.25 Å². The van der Waals surface area contributed by atoms with Gasteiger partial charge in [-0.1, -0.05) is 0 Å². The highest BCUT2D eigenvalue weighted by Crippen LogP contribution is 2.20. The summed E-state index contributed by atoms with van der Waals surface area (Å²) in [5.74, 6) is 1.72. The van der Waals surface area contributed by atoms with E-state index in [1.807, 2.05) is 26.1 Å². The number of nitrogens with two attached hydrogens (primary N) is 1. The summed E-state index contributed by atoms with van der Waals surface area (Å²) in [5.41, 5.74) is 5.61. The summed E-state index contributed by atoms with van der Waals surface area (Å²) in [7, 11) is 3.44. The van der Waals surface area contributed by atoms with Crippen molar-refractivity contribution in [3.05, 3.63) is 23.7 Å². The Kier molecular flexibility index (Phi) is 3.48. The van der Waals surface area contributed by atoms with Gasteiger partial charge in [-0.25, -0.2) is 0 Å². The molecule has 0 radical (unpaired) electrons. The minimum atomic E-state index is -0.0151. The molecule has 0 saturated heterocycles. The monoisotopic (exact) mass is 184 g/mol. The van der Waals surface area contributed by atoms with Crippen LogP contribution in [0.1, 0.15) is 17.6 Å². The van der Waals surface area contributed by atoms with Gasteiger partial charge in [0.05, 0.1) is 7.11 Å². The fourth-order valence-electron chi connectivity index (χ4n) is 1.20. The van der Waals surface area contributed by atoms with Gasteiger partial charge in [0.15, 0.2) is 0 Å². The van der Waals surface area contributed by atoms with E-state index in [0.717, 1.165) is 11.5 Å². The second-order valence-electron chi connectivity index (χ2n) is 2.93. The summed E-state index contributed by atoms with van der Waals surface area (Å²) in [6, 6.07) is 3.82. The molecule has 0 saturated carbocycles. The zero-order valence-corrected chi connectivity index (χ0v) is 8.28. The first-order valence-corrected chi connectivity index (χ1v) is 4.22. The number of furan rings is 1. The van der Waals surface area contributed by atoms with Crippen LogP contribution in [-0.4, -0.2) is 25.8 Å².